The molecule has 0 aliphatic carbocycles. The second kappa shape index (κ2) is 6.12. The molecular weight excluding hydrogens is 320 g/mol. The second-order valence-corrected chi connectivity index (χ2v) is 6.17. The number of aryl methyl sites for hydroxylation is 1. The number of carbonyl (C=O) groups is 2. The summed E-state index contributed by atoms with van der Waals surface area (Å²) in [5.41, 5.74) is 2.39. The van der Waals surface area contributed by atoms with Gasteiger partial charge >= 0.3 is 0 Å². The lowest BCUT2D eigenvalue weighted by Crippen LogP contribution is -2.52. The number of hydrogen-bond acceptors (Lipinski definition) is 4. The molecule has 25 heavy (non-hydrogen) atoms. The number of fused-ring (bicyclic) bond motifs is 1. The normalized spacial score (nSPS) is 18.8. The van der Waals surface area contributed by atoms with E-state index in [1.54, 1.807) is 23.1 Å². The third-order valence-corrected chi connectivity index (χ3v) is 4.49. The standard InChI is InChI=1S/C19H18N2O4/c1-12-2-4-13(5-3-12)17-18(22)20-8-9-21(17)19(23)14-6-7-15-16(10-14)25-11-24-15/h2-7,10,17H,8-9,11H2,1H3,(H,20,22). The molecule has 2 aromatic rings. The summed E-state index contributed by atoms with van der Waals surface area (Å²) in [6, 6.07) is 12.1. The molecule has 128 valence electrons. The molecule has 1 atom stereocenters. The first kappa shape index (κ1) is 15.5. The number of carbonyl (C=O) groups excluding carboxylic acids is 2. The summed E-state index contributed by atoms with van der Waals surface area (Å²) in [6.07, 6.45) is 0. The zero-order chi connectivity index (χ0) is 17.4. The highest BCUT2D eigenvalue weighted by Gasteiger charge is 2.35. The maximum Gasteiger partial charge on any atom is 0.255 e. The van der Waals surface area contributed by atoms with Crippen molar-refractivity contribution in [1.82, 2.24) is 10.2 Å². The molecule has 6 heteroatoms. The number of nitrogens with one attached hydrogen (secondary N) is 1. The lowest BCUT2D eigenvalue weighted by Gasteiger charge is -2.35. The van der Waals surface area contributed by atoms with E-state index in [-0.39, 0.29) is 18.6 Å². The van der Waals surface area contributed by atoms with Crippen LogP contribution in [0.1, 0.15) is 27.5 Å². The van der Waals surface area contributed by atoms with Crippen molar-refractivity contribution < 1.29 is 19.1 Å². The Labute approximate surface area is 145 Å². The number of piperazine rings is 1. The van der Waals surface area contributed by atoms with Crippen LogP contribution in [-0.4, -0.2) is 36.6 Å². The summed E-state index contributed by atoms with van der Waals surface area (Å²) in [5.74, 6) is 0.824. The van der Waals surface area contributed by atoms with Crippen LogP contribution in [0.2, 0.25) is 0 Å². The highest BCUT2D eigenvalue weighted by atomic mass is 16.7. The topological polar surface area (TPSA) is 67.9 Å². The van der Waals surface area contributed by atoms with Gasteiger partial charge in [0.05, 0.1) is 0 Å². The molecule has 4 rings (SSSR count). The fourth-order valence-corrected chi connectivity index (χ4v) is 3.16. The van der Waals surface area contributed by atoms with Crippen molar-refractivity contribution in [1.29, 1.82) is 0 Å². The summed E-state index contributed by atoms with van der Waals surface area (Å²) in [7, 11) is 0. The van der Waals surface area contributed by atoms with Crippen molar-refractivity contribution in [3.05, 3.63) is 59.2 Å². The van der Waals surface area contributed by atoms with Gasteiger partial charge in [-0.15, -0.1) is 0 Å². The lowest BCUT2D eigenvalue weighted by molar-refractivity contribution is -0.128. The average molecular weight is 338 g/mol. The van der Waals surface area contributed by atoms with Gasteiger partial charge in [0.1, 0.15) is 6.04 Å². The maximum absolute atomic E-state index is 13.0. The number of amides is 2. The number of nitrogens with zero attached hydrogens (tertiary/aromatic N) is 1. The van der Waals surface area contributed by atoms with E-state index in [1.807, 2.05) is 31.2 Å². The summed E-state index contributed by atoms with van der Waals surface area (Å²) in [5, 5.41) is 2.85. The molecule has 1 fully saturated rings. The van der Waals surface area contributed by atoms with Gasteiger partial charge in [0, 0.05) is 18.7 Å². The SMILES string of the molecule is Cc1ccc(C2C(=O)NCCN2C(=O)c2ccc3c(c2)OCO3)cc1. The Hall–Kier alpha value is -3.02. The lowest BCUT2D eigenvalue weighted by atomic mass is 10.00. The van der Waals surface area contributed by atoms with Gasteiger partial charge in [0.2, 0.25) is 12.7 Å². The molecule has 2 aliphatic heterocycles. The van der Waals surface area contributed by atoms with Crippen molar-refractivity contribution in [2.24, 2.45) is 0 Å². The smallest absolute Gasteiger partial charge is 0.255 e. The van der Waals surface area contributed by atoms with Gasteiger partial charge in [-0.3, -0.25) is 9.59 Å². The molecule has 0 saturated carbocycles. The van der Waals surface area contributed by atoms with Crippen LogP contribution in [0.25, 0.3) is 0 Å². The van der Waals surface area contributed by atoms with Crippen molar-refractivity contribution >= 4 is 11.8 Å². The molecule has 1 N–H and O–H groups in total. The number of ether oxygens (including phenoxy) is 2. The van der Waals surface area contributed by atoms with Crippen LogP contribution in [0.5, 0.6) is 11.5 Å². The first-order chi connectivity index (χ1) is 12.1. The van der Waals surface area contributed by atoms with Gasteiger partial charge in [0.15, 0.2) is 11.5 Å². The van der Waals surface area contributed by atoms with Crippen molar-refractivity contribution in [3.63, 3.8) is 0 Å². The minimum atomic E-state index is -0.632. The Bertz CT molecular complexity index is 832. The Morgan fingerprint density at radius 3 is 2.68 bits per heavy atom. The first-order valence-electron chi connectivity index (χ1n) is 8.18. The van der Waals surface area contributed by atoms with E-state index in [2.05, 4.69) is 5.32 Å². The molecule has 0 aromatic heterocycles. The Balaban J connectivity index is 1.67. The van der Waals surface area contributed by atoms with E-state index in [0.29, 0.717) is 30.2 Å². The molecule has 6 nitrogen and oxygen atoms in total. The van der Waals surface area contributed by atoms with Gasteiger partial charge in [-0.05, 0) is 30.7 Å². The van der Waals surface area contributed by atoms with Gasteiger partial charge in [-0.1, -0.05) is 29.8 Å². The van der Waals surface area contributed by atoms with E-state index >= 15 is 0 Å². The van der Waals surface area contributed by atoms with Gasteiger partial charge in [-0.25, -0.2) is 0 Å². The predicted molar refractivity (Wildman–Crippen MR) is 90.5 cm³/mol. The Kier molecular flexibility index (Phi) is 3.80. The third-order valence-electron chi connectivity index (χ3n) is 4.49. The summed E-state index contributed by atoms with van der Waals surface area (Å²) in [6.45, 7) is 3.04. The highest BCUT2D eigenvalue weighted by Crippen LogP contribution is 2.34. The Morgan fingerprint density at radius 2 is 1.88 bits per heavy atom. The van der Waals surface area contributed by atoms with Gasteiger partial charge in [0.25, 0.3) is 5.91 Å². The fraction of sp³-hybridized carbons (Fsp3) is 0.263. The van der Waals surface area contributed by atoms with E-state index in [4.69, 9.17) is 9.47 Å². The molecule has 2 aromatic carbocycles. The minimum absolute atomic E-state index is 0.158. The Morgan fingerprint density at radius 1 is 1.12 bits per heavy atom. The molecule has 1 unspecified atom stereocenters. The van der Waals surface area contributed by atoms with Crippen LogP contribution >= 0.6 is 0 Å². The van der Waals surface area contributed by atoms with Crippen LogP contribution in [0.15, 0.2) is 42.5 Å². The molecular formula is C19H18N2O4. The first-order valence-corrected chi connectivity index (χ1v) is 8.18. The molecule has 2 aliphatic rings. The average Bonchev–Trinajstić information content (AvgIpc) is 3.09. The van der Waals surface area contributed by atoms with Crippen LogP contribution < -0.4 is 14.8 Å². The van der Waals surface area contributed by atoms with Gasteiger partial charge in [-0.2, -0.15) is 0 Å². The maximum atomic E-state index is 13.0. The summed E-state index contributed by atoms with van der Waals surface area (Å²) >= 11 is 0. The molecule has 1 saturated heterocycles. The van der Waals surface area contributed by atoms with E-state index in [0.717, 1.165) is 11.1 Å². The van der Waals surface area contributed by atoms with Crippen molar-refractivity contribution in [3.8, 4) is 11.5 Å². The second-order valence-electron chi connectivity index (χ2n) is 6.17. The van der Waals surface area contributed by atoms with Crippen molar-refractivity contribution in [2.45, 2.75) is 13.0 Å². The molecule has 0 radical (unpaired) electrons. The predicted octanol–water partition coefficient (Wildman–Crippen LogP) is 2.04. The van der Waals surface area contributed by atoms with Crippen molar-refractivity contribution in [2.75, 3.05) is 19.9 Å². The molecule has 2 heterocycles. The molecule has 0 spiro atoms. The summed E-state index contributed by atoms with van der Waals surface area (Å²) in [4.78, 5) is 27.1. The van der Waals surface area contributed by atoms with E-state index < -0.39 is 6.04 Å². The number of benzene rings is 2. The van der Waals surface area contributed by atoms with Gasteiger partial charge < -0.3 is 19.7 Å². The largest absolute Gasteiger partial charge is 0.454 e. The third kappa shape index (κ3) is 2.80. The van der Waals surface area contributed by atoms with E-state index in [1.165, 1.54) is 0 Å². The quantitative estimate of drug-likeness (QED) is 0.910. The number of rotatable bonds is 2. The zero-order valence-corrected chi connectivity index (χ0v) is 13.8. The molecule has 2 amide bonds. The summed E-state index contributed by atoms with van der Waals surface area (Å²) < 4.78 is 10.6. The zero-order valence-electron chi connectivity index (χ0n) is 13.8. The fourth-order valence-electron chi connectivity index (χ4n) is 3.16. The highest BCUT2D eigenvalue weighted by molar-refractivity contribution is 5.99. The number of hydrogen-bond donors (Lipinski definition) is 1. The monoisotopic (exact) mass is 338 g/mol. The van der Waals surface area contributed by atoms with Crippen LogP contribution in [0, 0.1) is 6.92 Å². The van der Waals surface area contributed by atoms with Crippen LogP contribution in [-0.2, 0) is 4.79 Å². The van der Waals surface area contributed by atoms with Crippen LogP contribution in [0.4, 0.5) is 0 Å². The molecule has 0 bridgehead atoms. The van der Waals surface area contributed by atoms with Crippen LogP contribution in [0.3, 0.4) is 0 Å². The minimum Gasteiger partial charge on any atom is -0.454 e. The van der Waals surface area contributed by atoms with E-state index in [9.17, 15) is 9.59 Å².